The van der Waals surface area contributed by atoms with E-state index in [0.29, 0.717) is 11.3 Å². The maximum Gasteiger partial charge on any atom is 0.296 e. The van der Waals surface area contributed by atoms with Crippen LogP contribution < -0.4 is 11.1 Å². The second-order valence-corrected chi connectivity index (χ2v) is 4.18. The maximum atomic E-state index is 11.4. The van der Waals surface area contributed by atoms with E-state index in [0.717, 1.165) is 0 Å². The number of fused-ring (bicyclic) bond motifs is 1. The molecule has 5 N–H and O–H groups in total. The number of hydrogen-bond donors (Lipinski definition) is 4. The molecule has 0 radical (unpaired) electrons. The van der Waals surface area contributed by atoms with Gasteiger partial charge in [0.05, 0.1) is 17.4 Å². The van der Waals surface area contributed by atoms with Crippen LogP contribution in [0.25, 0.3) is 0 Å². The topological polar surface area (TPSA) is 113 Å². The Bertz CT molecular complexity index is 501. The first-order valence-electron chi connectivity index (χ1n) is 5.60. The zero-order valence-corrected chi connectivity index (χ0v) is 9.59. The van der Waals surface area contributed by atoms with Crippen LogP contribution in [0.2, 0.25) is 0 Å². The molecule has 1 heterocycles. The van der Waals surface area contributed by atoms with Crippen molar-refractivity contribution < 1.29 is 19.8 Å². The van der Waals surface area contributed by atoms with Crippen molar-refractivity contribution in [2.75, 3.05) is 11.9 Å². The molecule has 0 spiro atoms. The fraction of sp³-hybridized carbons (Fsp3) is 0.333. The highest BCUT2D eigenvalue weighted by Crippen LogP contribution is 2.28. The van der Waals surface area contributed by atoms with Gasteiger partial charge in [-0.05, 0) is 30.7 Å². The van der Waals surface area contributed by atoms with Crippen molar-refractivity contribution in [3.05, 3.63) is 29.3 Å². The van der Waals surface area contributed by atoms with Crippen molar-refractivity contribution in [2.24, 2.45) is 5.73 Å². The molecule has 0 saturated carbocycles. The van der Waals surface area contributed by atoms with Crippen molar-refractivity contribution in [2.45, 2.75) is 18.6 Å². The van der Waals surface area contributed by atoms with Crippen LogP contribution in [0.5, 0.6) is 0 Å². The summed E-state index contributed by atoms with van der Waals surface area (Å²) in [6.45, 7) is 0.262. The normalized spacial score (nSPS) is 17.3. The van der Waals surface area contributed by atoms with Crippen molar-refractivity contribution in [1.82, 2.24) is 0 Å². The SMILES string of the molecule is NCCC(O)C(O)c1ccc2c(c1)NC(=O)C2=O. The molecule has 2 atom stereocenters. The first-order chi connectivity index (χ1) is 8.54. The lowest BCUT2D eigenvalue weighted by atomic mass is 9.99. The number of carbonyl (C=O) groups is 2. The Labute approximate surface area is 103 Å². The van der Waals surface area contributed by atoms with Gasteiger partial charge in [0.25, 0.3) is 11.7 Å². The molecule has 0 saturated heterocycles. The summed E-state index contributed by atoms with van der Waals surface area (Å²) < 4.78 is 0. The van der Waals surface area contributed by atoms with Crippen LogP contribution in [0.4, 0.5) is 5.69 Å². The van der Waals surface area contributed by atoms with E-state index in [1.54, 1.807) is 0 Å². The fourth-order valence-corrected chi connectivity index (χ4v) is 1.90. The van der Waals surface area contributed by atoms with Crippen molar-refractivity contribution in [3.8, 4) is 0 Å². The summed E-state index contributed by atoms with van der Waals surface area (Å²) in [6, 6.07) is 4.47. The van der Waals surface area contributed by atoms with Gasteiger partial charge in [0.2, 0.25) is 0 Å². The molecule has 0 aliphatic carbocycles. The van der Waals surface area contributed by atoms with Gasteiger partial charge in [0, 0.05) is 0 Å². The molecule has 6 nitrogen and oxygen atoms in total. The highest BCUT2D eigenvalue weighted by atomic mass is 16.3. The predicted molar refractivity (Wildman–Crippen MR) is 64.0 cm³/mol. The Morgan fingerprint density at radius 3 is 2.67 bits per heavy atom. The molecule has 0 fully saturated rings. The summed E-state index contributed by atoms with van der Waals surface area (Å²) in [4.78, 5) is 22.5. The maximum absolute atomic E-state index is 11.4. The first kappa shape index (κ1) is 12.7. The number of anilines is 1. The van der Waals surface area contributed by atoms with E-state index >= 15 is 0 Å². The Morgan fingerprint density at radius 1 is 1.28 bits per heavy atom. The van der Waals surface area contributed by atoms with Gasteiger partial charge in [0.15, 0.2) is 0 Å². The average Bonchev–Trinajstić information content (AvgIpc) is 2.64. The molecule has 96 valence electrons. The standard InChI is InChI=1S/C12H14N2O4/c13-4-3-9(15)10(16)6-1-2-7-8(5-6)14-12(18)11(7)17/h1-2,5,9-10,15-16H,3-4,13H2,(H,14,17,18). The van der Waals surface area contributed by atoms with Gasteiger partial charge >= 0.3 is 0 Å². The lowest BCUT2D eigenvalue weighted by Gasteiger charge is -2.17. The predicted octanol–water partition coefficient (Wildman–Crippen LogP) is -0.436. The number of nitrogens with one attached hydrogen (secondary N) is 1. The summed E-state index contributed by atoms with van der Waals surface area (Å²) in [5, 5.41) is 21.9. The zero-order valence-electron chi connectivity index (χ0n) is 9.59. The highest BCUT2D eigenvalue weighted by molar-refractivity contribution is 6.51. The minimum absolute atomic E-state index is 0.262. The smallest absolute Gasteiger partial charge is 0.296 e. The number of aliphatic hydroxyl groups excluding tert-OH is 2. The van der Waals surface area contributed by atoms with E-state index in [4.69, 9.17) is 5.73 Å². The van der Waals surface area contributed by atoms with Gasteiger partial charge < -0.3 is 21.3 Å². The fourth-order valence-electron chi connectivity index (χ4n) is 1.90. The van der Waals surface area contributed by atoms with Crippen LogP contribution in [0.3, 0.4) is 0 Å². The number of benzene rings is 1. The summed E-state index contributed by atoms with van der Waals surface area (Å²) in [5.41, 5.74) is 6.38. The molecule has 2 rings (SSSR count). The van der Waals surface area contributed by atoms with Crippen LogP contribution in [0.15, 0.2) is 18.2 Å². The number of amides is 1. The van der Waals surface area contributed by atoms with Gasteiger partial charge in [-0.15, -0.1) is 0 Å². The Morgan fingerprint density at radius 2 is 2.00 bits per heavy atom. The summed E-state index contributed by atoms with van der Waals surface area (Å²) in [6.07, 6.45) is -1.80. The number of Topliss-reactive ketones (excluding diaryl/α,β-unsaturated/α-hetero) is 1. The monoisotopic (exact) mass is 250 g/mol. The van der Waals surface area contributed by atoms with Crippen LogP contribution in [0, 0.1) is 0 Å². The van der Waals surface area contributed by atoms with Gasteiger partial charge in [-0.25, -0.2) is 0 Å². The van der Waals surface area contributed by atoms with E-state index in [1.165, 1.54) is 18.2 Å². The molecule has 1 aromatic rings. The van der Waals surface area contributed by atoms with Crippen LogP contribution in [0.1, 0.15) is 28.4 Å². The number of carbonyl (C=O) groups excluding carboxylic acids is 2. The van der Waals surface area contributed by atoms with Crippen LogP contribution in [-0.2, 0) is 4.79 Å². The quantitative estimate of drug-likeness (QED) is 0.541. The molecule has 1 aliphatic heterocycles. The number of hydrogen-bond acceptors (Lipinski definition) is 5. The number of aliphatic hydroxyl groups is 2. The third-order valence-corrected chi connectivity index (χ3v) is 2.91. The molecular weight excluding hydrogens is 236 g/mol. The molecule has 2 unspecified atom stereocenters. The lowest BCUT2D eigenvalue weighted by molar-refractivity contribution is -0.112. The Kier molecular flexibility index (Phi) is 3.42. The zero-order chi connectivity index (χ0) is 13.3. The third kappa shape index (κ3) is 2.13. The van der Waals surface area contributed by atoms with Gasteiger partial charge in [-0.3, -0.25) is 9.59 Å². The second kappa shape index (κ2) is 4.85. The minimum Gasteiger partial charge on any atom is -0.390 e. The summed E-state index contributed by atoms with van der Waals surface area (Å²) in [7, 11) is 0. The van der Waals surface area contributed by atoms with Gasteiger partial charge in [-0.1, -0.05) is 6.07 Å². The number of nitrogens with two attached hydrogens (primary N) is 1. The second-order valence-electron chi connectivity index (χ2n) is 4.18. The molecule has 1 amide bonds. The highest BCUT2D eigenvalue weighted by Gasteiger charge is 2.29. The molecule has 18 heavy (non-hydrogen) atoms. The first-order valence-corrected chi connectivity index (χ1v) is 5.60. The number of ketones is 1. The Balaban J connectivity index is 2.25. The average molecular weight is 250 g/mol. The third-order valence-electron chi connectivity index (χ3n) is 2.91. The van der Waals surface area contributed by atoms with Gasteiger partial charge in [-0.2, -0.15) is 0 Å². The van der Waals surface area contributed by atoms with Crippen LogP contribution >= 0.6 is 0 Å². The van der Waals surface area contributed by atoms with Gasteiger partial charge in [0.1, 0.15) is 6.10 Å². The van der Waals surface area contributed by atoms with Crippen LogP contribution in [-0.4, -0.2) is 34.6 Å². The molecule has 1 aromatic carbocycles. The lowest BCUT2D eigenvalue weighted by Crippen LogP contribution is -2.21. The van der Waals surface area contributed by atoms with E-state index in [-0.39, 0.29) is 18.5 Å². The number of rotatable bonds is 4. The molecule has 6 heteroatoms. The minimum atomic E-state index is -1.09. The molecule has 0 bridgehead atoms. The van der Waals surface area contributed by atoms with Crippen molar-refractivity contribution in [3.63, 3.8) is 0 Å². The van der Waals surface area contributed by atoms with E-state index < -0.39 is 23.9 Å². The van der Waals surface area contributed by atoms with Crippen molar-refractivity contribution >= 4 is 17.4 Å². The summed E-state index contributed by atoms with van der Waals surface area (Å²) in [5.74, 6) is -1.27. The largest absolute Gasteiger partial charge is 0.390 e. The molecule has 0 aromatic heterocycles. The van der Waals surface area contributed by atoms with E-state index in [1.807, 2.05) is 0 Å². The summed E-state index contributed by atoms with van der Waals surface area (Å²) >= 11 is 0. The Hall–Kier alpha value is -1.76. The van der Waals surface area contributed by atoms with E-state index in [2.05, 4.69) is 5.32 Å². The molecular formula is C12H14N2O4. The molecule has 1 aliphatic rings. The van der Waals surface area contributed by atoms with Crippen molar-refractivity contribution in [1.29, 1.82) is 0 Å². The van der Waals surface area contributed by atoms with E-state index in [9.17, 15) is 19.8 Å².